The number of hydrogen-bond acceptors (Lipinski definition) is 6. The highest BCUT2D eigenvalue weighted by Crippen LogP contribution is 2.24. The van der Waals surface area contributed by atoms with Crippen molar-refractivity contribution in [2.24, 2.45) is 0 Å². The molecular weight excluding hydrogens is 294 g/mol. The fourth-order valence-electron chi connectivity index (χ4n) is 1.94. The summed E-state index contributed by atoms with van der Waals surface area (Å²) in [5.41, 5.74) is 1.35. The maximum Gasteiger partial charge on any atom is 0.347 e. The van der Waals surface area contributed by atoms with Crippen LogP contribution in [0.5, 0.6) is 0 Å². The monoisotopic (exact) mass is 309 g/mol. The summed E-state index contributed by atoms with van der Waals surface area (Å²) in [6.07, 6.45) is 0. The van der Waals surface area contributed by atoms with Gasteiger partial charge < -0.3 is 14.9 Å². The number of rotatable bonds is 4. The Kier molecular flexibility index (Phi) is 4.08. The van der Waals surface area contributed by atoms with Crippen LogP contribution >= 0.6 is 11.3 Å². The van der Waals surface area contributed by atoms with Gasteiger partial charge in [0.05, 0.1) is 17.4 Å². The molecular formula is C13H15N3O4S. The second-order valence-corrected chi connectivity index (χ2v) is 5.70. The number of hydrogen-bond donors (Lipinski definition) is 2. The van der Waals surface area contributed by atoms with Crippen LogP contribution < -0.4 is 5.32 Å². The number of amides is 1. The molecule has 2 aromatic heterocycles. The molecule has 1 unspecified atom stereocenters. The quantitative estimate of drug-likeness (QED) is 0.897. The number of aromatic nitrogens is 2. The molecule has 7 nitrogen and oxygen atoms in total. The van der Waals surface area contributed by atoms with E-state index in [4.69, 9.17) is 9.63 Å². The summed E-state index contributed by atoms with van der Waals surface area (Å²) in [6.45, 7) is 6.73. The predicted octanol–water partition coefficient (Wildman–Crippen LogP) is 2.25. The van der Waals surface area contributed by atoms with E-state index < -0.39 is 12.0 Å². The van der Waals surface area contributed by atoms with E-state index in [1.165, 1.54) is 0 Å². The van der Waals surface area contributed by atoms with E-state index in [-0.39, 0.29) is 10.8 Å². The largest absolute Gasteiger partial charge is 0.477 e. The van der Waals surface area contributed by atoms with E-state index in [0.29, 0.717) is 27.7 Å². The van der Waals surface area contributed by atoms with Gasteiger partial charge in [0.1, 0.15) is 21.2 Å². The number of carboxylic acids is 1. The fraction of sp³-hybridized carbons (Fsp3) is 0.385. The van der Waals surface area contributed by atoms with Crippen LogP contribution in [0.2, 0.25) is 0 Å². The summed E-state index contributed by atoms with van der Waals surface area (Å²) < 4.78 is 4.96. The van der Waals surface area contributed by atoms with Crippen molar-refractivity contribution < 1.29 is 19.2 Å². The van der Waals surface area contributed by atoms with Crippen molar-refractivity contribution in [2.45, 2.75) is 33.7 Å². The molecule has 0 spiro atoms. The molecule has 21 heavy (non-hydrogen) atoms. The van der Waals surface area contributed by atoms with E-state index >= 15 is 0 Å². The molecule has 0 aromatic carbocycles. The molecule has 8 heteroatoms. The Morgan fingerprint density at radius 1 is 1.29 bits per heavy atom. The summed E-state index contributed by atoms with van der Waals surface area (Å²) in [4.78, 5) is 27.6. The van der Waals surface area contributed by atoms with E-state index in [9.17, 15) is 9.59 Å². The molecule has 0 aliphatic rings. The average Bonchev–Trinajstić information content (AvgIpc) is 2.93. The SMILES string of the molecule is Cc1nc(C(C)NC(=O)c2c(C)noc2C)sc1C(=O)O. The summed E-state index contributed by atoms with van der Waals surface area (Å²) >= 11 is 1.06. The van der Waals surface area contributed by atoms with Gasteiger partial charge in [0.25, 0.3) is 5.91 Å². The average molecular weight is 309 g/mol. The van der Waals surface area contributed by atoms with Gasteiger partial charge in [0.2, 0.25) is 0 Å². The maximum absolute atomic E-state index is 12.2. The minimum atomic E-state index is -1.01. The van der Waals surface area contributed by atoms with Gasteiger partial charge in [0.15, 0.2) is 0 Å². The Hall–Kier alpha value is -2.22. The highest BCUT2D eigenvalue weighted by atomic mass is 32.1. The third kappa shape index (κ3) is 2.94. The molecule has 0 radical (unpaired) electrons. The Balaban J connectivity index is 2.18. The maximum atomic E-state index is 12.2. The minimum absolute atomic E-state index is 0.184. The molecule has 2 rings (SSSR count). The van der Waals surface area contributed by atoms with E-state index in [1.54, 1.807) is 27.7 Å². The molecule has 2 aromatic rings. The summed E-state index contributed by atoms with van der Waals surface area (Å²) in [5, 5.41) is 16.1. The molecule has 0 saturated carbocycles. The number of nitrogens with zero attached hydrogens (tertiary/aromatic N) is 2. The third-order valence-electron chi connectivity index (χ3n) is 2.99. The number of carbonyl (C=O) groups excluding carboxylic acids is 1. The Morgan fingerprint density at radius 3 is 2.43 bits per heavy atom. The van der Waals surface area contributed by atoms with Gasteiger partial charge in [-0.3, -0.25) is 4.79 Å². The number of carboxylic acid groups (broad SMARTS) is 1. The highest BCUT2D eigenvalue weighted by Gasteiger charge is 2.22. The first-order valence-corrected chi connectivity index (χ1v) is 7.07. The van der Waals surface area contributed by atoms with Crippen LogP contribution in [0.1, 0.15) is 55.2 Å². The molecule has 0 fully saturated rings. The van der Waals surface area contributed by atoms with Gasteiger partial charge in [-0.2, -0.15) is 0 Å². The standard InChI is InChI=1S/C13H15N3O4S/c1-5-9(8(4)20-16-5)11(17)14-7(3)12-15-6(2)10(21-12)13(18)19/h7H,1-4H3,(H,14,17)(H,18,19). The Bertz CT molecular complexity index is 685. The van der Waals surface area contributed by atoms with E-state index in [1.807, 2.05) is 0 Å². The smallest absolute Gasteiger partial charge is 0.347 e. The van der Waals surface area contributed by atoms with Gasteiger partial charge in [-0.25, -0.2) is 9.78 Å². The number of nitrogens with one attached hydrogen (secondary N) is 1. The lowest BCUT2D eigenvalue weighted by atomic mass is 10.2. The summed E-state index contributed by atoms with van der Waals surface area (Å²) in [6, 6.07) is -0.400. The Morgan fingerprint density at radius 2 is 1.95 bits per heavy atom. The number of thiazole rings is 1. The number of aryl methyl sites for hydroxylation is 3. The summed E-state index contributed by atoms with van der Waals surface area (Å²) in [5.74, 6) is -0.886. The molecule has 2 N–H and O–H groups in total. The zero-order valence-corrected chi connectivity index (χ0v) is 12.9. The minimum Gasteiger partial charge on any atom is -0.477 e. The van der Waals surface area contributed by atoms with Crippen molar-refractivity contribution >= 4 is 23.2 Å². The van der Waals surface area contributed by atoms with Crippen molar-refractivity contribution in [1.82, 2.24) is 15.5 Å². The van der Waals surface area contributed by atoms with Crippen LogP contribution in [-0.2, 0) is 0 Å². The summed E-state index contributed by atoms with van der Waals surface area (Å²) in [7, 11) is 0. The van der Waals surface area contributed by atoms with Crippen molar-refractivity contribution in [3.8, 4) is 0 Å². The van der Waals surface area contributed by atoms with Crippen molar-refractivity contribution in [2.75, 3.05) is 0 Å². The Labute approximate surface area is 125 Å². The third-order valence-corrected chi connectivity index (χ3v) is 4.31. The predicted molar refractivity (Wildman–Crippen MR) is 75.7 cm³/mol. The number of aromatic carboxylic acids is 1. The van der Waals surface area contributed by atoms with Crippen molar-refractivity contribution in [1.29, 1.82) is 0 Å². The lowest BCUT2D eigenvalue weighted by molar-refractivity contribution is 0.0700. The first-order valence-electron chi connectivity index (χ1n) is 6.25. The molecule has 0 saturated heterocycles. The lowest BCUT2D eigenvalue weighted by Crippen LogP contribution is -2.27. The fourth-order valence-corrected chi connectivity index (χ4v) is 2.85. The van der Waals surface area contributed by atoms with Gasteiger partial charge in [-0.05, 0) is 27.7 Å². The van der Waals surface area contributed by atoms with Crippen LogP contribution in [-0.4, -0.2) is 27.1 Å². The first-order chi connectivity index (χ1) is 9.81. The lowest BCUT2D eigenvalue weighted by Gasteiger charge is -2.10. The van der Waals surface area contributed by atoms with Crippen LogP contribution in [0.15, 0.2) is 4.52 Å². The molecule has 1 atom stereocenters. The molecule has 2 heterocycles. The molecule has 0 aliphatic heterocycles. The zero-order valence-electron chi connectivity index (χ0n) is 12.1. The molecule has 0 bridgehead atoms. The van der Waals surface area contributed by atoms with Gasteiger partial charge in [-0.15, -0.1) is 11.3 Å². The van der Waals surface area contributed by atoms with E-state index in [0.717, 1.165) is 11.3 Å². The zero-order chi connectivity index (χ0) is 15.7. The molecule has 1 amide bonds. The number of carbonyl (C=O) groups is 2. The normalized spacial score (nSPS) is 12.2. The topological polar surface area (TPSA) is 105 Å². The van der Waals surface area contributed by atoms with Crippen LogP contribution in [0, 0.1) is 20.8 Å². The van der Waals surface area contributed by atoms with Crippen LogP contribution in [0.25, 0.3) is 0 Å². The first kappa shape index (κ1) is 15.2. The van der Waals surface area contributed by atoms with Crippen LogP contribution in [0.3, 0.4) is 0 Å². The van der Waals surface area contributed by atoms with Crippen molar-refractivity contribution in [3.63, 3.8) is 0 Å². The molecule has 0 aliphatic carbocycles. The highest BCUT2D eigenvalue weighted by molar-refractivity contribution is 7.13. The van der Waals surface area contributed by atoms with Gasteiger partial charge in [-0.1, -0.05) is 5.16 Å². The second kappa shape index (κ2) is 5.65. The molecule has 112 valence electrons. The van der Waals surface area contributed by atoms with Crippen molar-refractivity contribution in [3.05, 3.63) is 32.6 Å². The van der Waals surface area contributed by atoms with Crippen LogP contribution in [0.4, 0.5) is 0 Å². The second-order valence-electron chi connectivity index (χ2n) is 4.67. The van der Waals surface area contributed by atoms with Gasteiger partial charge >= 0.3 is 5.97 Å². The van der Waals surface area contributed by atoms with Gasteiger partial charge in [0, 0.05) is 0 Å². The van der Waals surface area contributed by atoms with E-state index in [2.05, 4.69) is 15.5 Å².